The summed E-state index contributed by atoms with van der Waals surface area (Å²) in [5, 5.41) is 8.75. The Kier molecular flexibility index (Phi) is 6.35. The van der Waals surface area contributed by atoms with E-state index in [9.17, 15) is 26.7 Å². The second-order valence-corrected chi connectivity index (χ2v) is 6.66. The number of ether oxygens (including phenoxy) is 1. The Balaban J connectivity index is 2.44. The van der Waals surface area contributed by atoms with Crippen molar-refractivity contribution in [3.63, 3.8) is 0 Å². The molecule has 2 aromatic carbocycles. The van der Waals surface area contributed by atoms with Crippen LogP contribution in [0.2, 0.25) is 0 Å². The smallest absolute Gasteiger partial charge is 0.446 e. The van der Waals surface area contributed by atoms with Gasteiger partial charge in [-0.25, -0.2) is 13.6 Å². The van der Waals surface area contributed by atoms with Crippen molar-refractivity contribution in [3.05, 3.63) is 48.0 Å². The second-order valence-electron chi connectivity index (χ2n) is 5.52. The predicted molar refractivity (Wildman–Crippen MR) is 91.1 cm³/mol. The first-order valence-electron chi connectivity index (χ1n) is 7.75. The number of hydrogen-bond donors (Lipinski definition) is 1. The Morgan fingerprint density at radius 1 is 1.07 bits per heavy atom. The first-order valence-corrected chi connectivity index (χ1v) is 8.56. The van der Waals surface area contributed by atoms with E-state index in [0.717, 1.165) is 12.1 Å². The van der Waals surface area contributed by atoms with Crippen LogP contribution < -0.4 is 4.74 Å². The summed E-state index contributed by atoms with van der Waals surface area (Å²) in [7, 11) is 0. The zero-order valence-corrected chi connectivity index (χ0v) is 14.8. The molecule has 3 nitrogen and oxygen atoms in total. The van der Waals surface area contributed by atoms with Crippen LogP contribution in [0.25, 0.3) is 11.1 Å². The largest absolute Gasteiger partial charge is 0.481 e. The lowest BCUT2D eigenvalue weighted by atomic mass is 9.98. The van der Waals surface area contributed by atoms with E-state index in [4.69, 9.17) is 9.84 Å². The molecule has 0 aliphatic carbocycles. The predicted octanol–water partition coefficient (Wildman–Crippen LogP) is 5.93. The lowest BCUT2D eigenvalue weighted by Crippen LogP contribution is -2.13. The maximum atomic E-state index is 14.0. The van der Waals surface area contributed by atoms with Gasteiger partial charge in [-0.2, -0.15) is 13.2 Å². The lowest BCUT2D eigenvalue weighted by molar-refractivity contribution is -0.139. The Bertz CT molecular complexity index is 804. The van der Waals surface area contributed by atoms with E-state index in [1.165, 1.54) is 37.3 Å². The fraction of sp³-hybridized carbons (Fsp3) is 0.278. The fourth-order valence-corrected chi connectivity index (χ4v) is 2.83. The molecule has 0 spiro atoms. The number of carboxylic acids is 1. The van der Waals surface area contributed by atoms with Crippen LogP contribution in [0.4, 0.5) is 22.0 Å². The van der Waals surface area contributed by atoms with Crippen LogP contribution in [0.5, 0.6) is 5.75 Å². The normalized spacial score (nSPS) is 12.1. The Labute approximate surface area is 156 Å². The van der Waals surface area contributed by atoms with Gasteiger partial charge < -0.3 is 9.84 Å². The third kappa shape index (κ3) is 5.85. The molecule has 0 bridgehead atoms. The number of carboxylic acid groups (broad SMARTS) is 1. The highest BCUT2D eigenvalue weighted by Crippen LogP contribution is 2.40. The van der Waals surface area contributed by atoms with Crippen molar-refractivity contribution in [3.8, 4) is 16.9 Å². The van der Waals surface area contributed by atoms with Crippen molar-refractivity contribution in [1.29, 1.82) is 0 Å². The molecule has 0 aliphatic rings. The summed E-state index contributed by atoms with van der Waals surface area (Å²) in [6.45, 7) is 0.635. The topological polar surface area (TPSA) is 46.5 Å². The molecule has 1 N–H and O–H groups in total. The summed E-state index contributed by atoms with van der Waals surface area (Å²) in [5.41, 5.74) is -4.24. The van der Waals surface area contributed by atoms with Crippen LogP contribution in [-0.4, -0.2) is 23.2 Å². The zero-order valence-electron chi connectivity index (χ0n) is 14.0. The molecule has 0 amide bonds. The number of aliphatic carboxylic acids is 1. The average Bonchev–Trinajstić information content (AvgIpc) is 2.59. The molecule has 0 radical (unpaired) electrons. The van der Waals surface area contributed by atoms with Crippen LogP contribution >= 0.6 is 11.8 Å². The standard InChI is InChI=1S/C18H15F5O3S/c1-2-17(19,20)12-5-8-15(26-10-16(24)25)14(9-12)11-3-6-13(7-4-11)27-18(21,22)23/h3-9H,2,10H2,1H3,(H,24,25). The number of carbonyl (C=O) groups is 1. The van der Waals surface area contributed by atoms with Gasteiger partial charge in [-0.3, -0.25) is 0 Å². The molecule has 0 aromatic heterocycles. The number of benzene rings is 2. The molecule has 9 heteroatoms. The molecule has 0 saturated heterocycles. The van der Waals surface area contributed by atoms with E-state index in [-0.39, 0.29) is 33.5 Å². The van der Waals surface area contributed by atoms with Gasteiger partial charge in [0.25, 0.3) is 5.92 Å². The van der Waals surface area contributed by atoms with Crippen LogP contribution in [0.1, 0.15) is 18.9 Å². The van der Waals surface area contributed by atoms with Gasteiger partial charge in [0.1, 0.15) is 5.75 Å². The SMILES string of the molecule is CCC(F)(F)c1ccc(OCC(=O)O)c(-c2ccc(SC(F)(F)F)cc2)c1. The fourth-order valence-electron chi connectivity index (χ4n) is 2.29. The lowest BCUT2D eigenvalue weighted by Gasteiger charge is -2.18. The molecule has 2 aromatic rings. The third-order valence-corrected chi connectivity index (χ3v) is 4.34. The van der Waals surface area contributed by atoms with Crippen molar-refractivity contribution >= 4 is 17.7 Å². The highest BCUT2D eigenvalue weighted by Gasteiger charge is 2.31. The first kappa shape index (κ1) is 21.0. The van der Waals surface area contributed by atoms with Crippen molar-refractivity contribution in [1.82, 2.24) is 0 Å². The highest BCUT2D eigenvalue weighted by atomic mass is 32.2. The minimum absolute atomic E-state index is 0.0456. The first-order chi connectivity index (χ1) is 12.5. The molecule has 0 fully saturated rings. The van der Waals surface area contributed by atoms with Crippen LogP contribution in [0.3, 0.4) is 0 Å². The highest BCUT2D eigenvalue weighted by molar-refractivity contribution is 8.00. The molecule has 27 heavy (non-hydrogen) atoms. The third-order valence-electron chi connectivity index (χ3n) is 3.60. The Morgan fingerprint density at radius 3 is 2.22 bits per heavy atom. The second kappa shape index (κ2) is 8.16. The minimum atomic E-state index is -4.44. The van der Waals surface area contributed by atoms with Crippen molar-refractivity contribution in [2.75, 3.05) is 6.61 Å². The number of rotatable bonds is 7. The summed E-state index contributed by atoms with van der Waals surface area (Å²) >= 11 is -0.295. The number of hydrogen-bond acceptors (Lipinski definition) is 3. The van der Waals surface area contributed by atoms with Crippen molar-refractivity contribution < 1.29 is 36.6 Å². The van der Waals surface area contributed by atoms with Crippen LogP contribution in [0.15, 0.2) is 47.4 Å². The van der Waals surface area contributed by atoms with Crippen LogP contribution in [-0.2, 0) is 10.7 Å². The van der Waals surface area contributed by atoms with Gasteiger partial charge in [0, 0.05) is 22.4 Å². The van der Waals surface area contributed by atoms with Gasteiger partial charge in [0.05, 0.1) is 0 Å². The molecular formula is C18H15F5O3S. The summed E-state index contributed by atoms with van der Waals surface area (Å²) in [6, 6.07) is 8.62. The molecule has 0 atom stereocenters. The van der Waals surface area contributed by atoms with Gasteiger partial charge in [0.15, 0.2) is 6.61 Å². The van der Waals surface area contributed by atoms with Gasteiger partial charge in [-0.15, -0.1) is 0 Å². The molecule has 0 heterocycles. The van der Waals surface area contributed by atoms with E-state index >= 15 is 0 Å². The summed E-state index contributed by atoms with van der Waals surface area (Å²) in [6.07, 6.45) is -0.442. The van der Waals surface area contributed by atoms with E-state index < -0.39 is 30.4 Å². The maximum Gasteiger partial charge on any atom is 0.446 e. The van der Waals surface area contributed by atoms with Gasteiger partial charge in [0.2, 0.25) is 0 Å². The van der Waals surface area contributed by atoms with E-state index in [0.29, 0.717) is 5.56 Å². The maximum absolute atomic E-state index is 14.0. The van der Waals surface area contributed by atoms with E-state index in [1.807, 2.05) is 0 Å². The zero-order chi connectivity index (χ0) is 20.2. The number of thioether (sulfide) groups is 1. The quantitative estimate of drug-likeness (QED) is 0.457. The number of alkyl halides is 5. The minimum Gasteiger partial charge on any atom is -0.481 e. The summed E-state index contributed by atoms with van der Waals surface area (Å²) in [4.78, 5) is 10.7. The molecule has 2 rings (SSSR count). The van der Waals surface area contributed by atoms with Crippen molar-refractivity contribution in [2.24, 2.45) is 0 Å². The Hall–Kier alpha value is -2.29. The van der Waals surface area contributed by atoms with Gasteiger partial charge in [-0.1, -0.05) is 19.1 Å². The molecule has 0 saturated carbocycles. The van der Waals surface area contributed by atoms with Gasteiger partial charge >= 0.3 is 11.5 Å². The van der Waals surface area contributed by atoms with E-state index in [2.05, 4.69) is 0 Å². The molecule has 0 aliphatic heterocycles. The summed E-state index contributed by atoms with van der Waals surface area (Å²) in [5.74, 6) is -4.31. The van der Waals surface area contributed by atoms with Crippen LogP contribution in [0, 0.1) is 0 Å². The van der Waals surface area contributed by atoms with Crippen molar-refractivity contribution in [2.45, 2.75) is 29.7 Å². The molecule has 146 valence electrons. The monoisotopic (exact) mass is 406 g/mol. The molecular weight excluding hydrogens is 391 g/mol. The number of halogens is 5. The van der Waals surface area contributed by atoms with E-state index in [1.54, 1.807) is 0 Å². The summed E-state index contributed by atoms with van der Waals surface area (Å²) < 4.78 is 70.5. The Morgan fingerprint density at radius 2 is 1.70 bits per heavy atom. The molecule has 0 unspecified atom stereocenters. The average molecular weight is 406 g/mol. The van der Waals surface area contributed by atoms with Gasteiger partial charge in [-0.05, 0) is 47.7 Å².